The Hall–Kier alpha value is -4.07. The first-order valence-corrected chi connectivity index (χ1v) is 12.5. The topological polar surface area (TPSA) is 104 Å². The molecule has 2 saturated carbocycles. The highest BCUT2D eigenvalue weighted by molar-refractivity contribution is 6.01. The van der Waals surface area contributed by atoms with Gasteiger partial charge in [-0.05, 0) is 75.3 Å². The number of nitrogens with zero attached hydrogens (tertiary/aromatic N) is 3. The van der Waals surface area contributed by atoms with Crippen LogP contribution in [0.4, 0.5) is 16.2 Å². The van der Waals surface area contributed by atoms with Crippen LogP contribution in [0.15, 0.2) is 60.9 Å². The fraction of sp³-hybridized carbons (Fsp3) is 0.321. The summed E-state index contributed by atoms with van der Waals surface area (Å²) in [5.41, 5.74) is 11.2. The highest BCUT2D eigenvalue weighted by Crippen LogP contribution is 2.45. The smallest absolute Gasteiger partial charge is 0.411 e. The molecule has 8 nitrogen and oxygen atoms in total. The number of anilines is 2. The van der Waals surface area contributed by atoms with Crippen LogP contribution in [0.25, 0.3) is 22.2 Å². The number of fused-ring (bicyclic) bond motifs is 1. The molecule has 2 aliphatic rings. The van der Waals surface area contributed by atoms with Gasteiger partial charge in [-0.1, -0.05) is 12.1 Å². The van der Waals surface area contributed by atoms with E-state index in [1.165, 1.54) is 6.42 Å². The third-order valence-electron chi connectivity index (χ3n) is 7.19. The SMILES string of the molecule is C[C@@H](OC(=O)Nc1ccc(-c2c(N)c3ccc(Oc4ncccn4)cc3n2C2CCC2)cc1)C1CC1. The van der Waals surface area contributed by atoms with Crippen molar-refractivity contribution in [1.29, 1.82) is 0 Å². The number of nitrogens with one attached hydrogen (secondary N) is 1. The van der Waals surface area contributed by atoms with E-state index in [1.807, 2.05) is 49.4 Å². The van der Waals surface area contributed by atoms with Crippen molar-refractivity contribution in [3.05, 3.63) is 60.9 Å². The number of hydrogen-bond acceptors (Lipinski definition) is 6. The fourth-order valence-electron chi connectivity index (χ4n) is 4.83. The van der Waals surface area contributed by atoms with Crippen LogP contribution in [0.2, 0.25) is 0 Å². The Kier molecular flexibility index (Phi) is 5.71. The maximum atomic E-state index is 12.3. The first kappa shape index (κ1) is 22.4. The van der Waals surface area contributed by atoms with Gasteiger partial charge in [0.05, 0.1) is 16.9 Å². The Morgan fingerprint density at radius 3 is 2.50 bits per heavy atom. The molecule has 6 rings (SSSR count). The zero-order valence-electron chi connectivity index (χ0n) is 20.2. The average Bonchev–Trinajstić information content (AvgIpc) is 3.66. The lowest BCUT2D eigenvalue weighted by Crippen LogP contribution is -2.21. The monoisotopic (exact) mass is 483 g/mol. The van der Waals surface area contributed by atoms with Crippen LogP contribution in [0.5, 0.6) is 11.8 Å². The number of nitrogens with two attached hydrogens (primary N) is 1. The zero-order chi connectivity index (χ0) is 24.6. The minimum absolute atomic E-state index is 0.0513. The summed E-state index contributed by atoms with van der Waals surface area (Å²) in [5, 5.41) is 3.82. The van der Waals surface area contributed by atoms with Gasteiger partial charge in [-0.15, -0.1) is 0 Å². The molecule has 2 aromatic heterocycles. The normalized spacial score (nSPS) is 16.4. The zero-order valence-corrected chi connectivity index (χ0v) is 20.2. The maximum Gasteiger partial charge on any atom is 0.411 e. The minimum atomic E-state index is -0.417. The third-order valence-corrected chi connectivity index (χ3v) is 7.19. The van der Waals surface area contributed by atoms with Gasteiger partial charge in [0.15, 0.2) is 0 Å². The second kappa shape index (κ2) is 9.18. The molecule has 0 saturated heterocycles. The van der Waals surface area contributed by atoms with Crippen LogP contribution in [0.1, 0.15) is 45.1 Å². The predicted octanol–water partition coefficient (Wildman–Crippen LogP) is 6.54. The number of ether oxygens (including phenoxy) is 2. The van der Waals surface area contributed by atoms with Gasteiger partial charge in [-0.2, -0.15) is 0 Å². The molecule has 0 bridgehead atoms. The molecule has 0 radical (unpaired) electrons. The number of carbonyl (C=O) groups excluding carboxylic acids is 1. The number of hydrogen-bond donors (Lipinski definition) is 2. The van der Waals surface area contributed by atoms with Crippen molar-refractivity contribution in [3.63, 3.8) is 0 Å². The van der Waals surface area contributed by atoms with E-state index in [-0.39, 0.29) is 6.10 Å². The number of aromatic nitrogens is 3. The Balaban J connectivity index is 1.30. The van der Waals surface area contributed by atoms with E-state index in [1.54, 1.807) is 18.5 Å². The predicted molar refractivity (Wildman–Crippen MR) is 139 cm³/mol. The van der Waals surface area contributed by atoms with E-state index < -0.39 is 6.09 Å². The van der Waals surface area contributed by atoms with E-state index in [0.29, 0.717) is 29.4 Å². The average molecular weight is 484 g/mol. The van der Waals surface area contributed by atoms with E-state index >= 15 is 0 Å². The summed E-state index contributed by atoms with van der Waals surface area (Å²) in [6, 6.07) is 16.1. The molecule has 2 heterocycles. The van der Waals surface area contributed by atoms with Gasteiger partial charge in [0, 0.05) is 41.1 Å². The Labute approximate surface area is 209 Å². The number of carbonyl (C=O) groups is 1. The second-order valence-corrected chi connectivity index (χ2v) is 9.68. The van der Waals surface area contributed by atoms with Crippen molar-refractivity contribution in [1.82, 2.24) is 14.5 Å². The number of benzene rings is 2. The van der Waals surface area contributed by atoms with Crippen LogP contribution < -0.4 is 15.8 Å². The summed E-state index contributed by atoms with van der Waals surface area (Å²) in [7, 11) is 0. The molecule has 36 heavy (non-hydrogen) atoms. The maximum absolute atomic E-state index is 12.3. The largest absolute Gasteiger partial charge is 0.446 e. The van der Waals surface area contributed by atoms with Crippen LogP contribution in [-0.4, -0.2) is 26.7 Å². The van der Waals surface area contributed by atoms with Crippen molar-refractivity contribution in [3.8, 4) is 23.0 Å². The second-order valence-electron chi connectivity index (χ2n) is 9.68. The molecule has 8 heteroatoms. The number of nitrogen functional groups attached to an aromatic ring is 1. The molecule has 184 valence electrons. The summed E-state index contributed by atoms with van der Waals surface area (Å²) < 4.78 is 13.7. The summed E-state index contributed by atoms with van der Waals surface area (Å²) >= 11 is 0. The lowest BCUT2D eigenvalue weighted by molar-refractivity contribution is 0.108. The van der Waals surface area contributed by atoms with E-state index in [9.17, 15) is 4.79 Å². The van der Waals surface area contributed by atoms with Crippen molar-refractivity contribution in [2.75, 3.05) is 11.1 Å². The van der Waals surface area contributed by atoms with Crippen LogP contribution in [-0.2, 0) is 4.74 Å². The van der Waals surface area contributed by atoms with Crippen molar-refractivity contribution < 1.29 is 14.3 Å². The molecular formula is C28H29N5O3. The number of amides is 1. The molecule has 2 aliphatic carbocycles. The van der Waals surface area contributed by atoms with Crippen LogP contribution in [0, 0.1) is 5.92 Å². The molecule has 0 unspecified atom stereocenters. The van der Waals surface area contributed by atoms with Gasteiger partial charge in [0.2, 0.25) is 0 Å². The van der Waals surface area contributed by atoms with Crippen LogP contribution in [0.3, 0.4) is 0 Å². The Morgan fingerprint density at radius 1 is 1.08 bits per heavy atom. The quantitative estimate of drug-likeness (QED) is 0.309. The standard InChI is InChI=1S/C28H29N5O3/c1-17(18-6-7-18)35-28(34)32-20-10-8-19(9-11-20)26-25(29)23-13-12-22(36-27-30-14-3-15-31-27)16-24(23)33(26)21-4-2-5-21/h3,8-18,21H,2,4-7,29H2,1H3,(H,32,34)/t17-/m1/s1. The van der Waals surface area contributed by atoms with Gasteiger partial charge in [-0.3, -0.25) is 5.32 Å². The van der Waals surface area contributed by atoms with E-state index in [0.717, 1.165) is 53.5 Å². The molecule has 1 amide bonds. The van der Waals surface area contributed by atoms with Gasteiger partial charge in [0.1, 0.15) is 11.9 Å². The molecule has 2 fully saturated rings. The first-order valence-electron chi connectivity index (χ1n) is 12.5. The van der Waals surface area contributed by atoms with E-state index in [4.69, 9.17) is 15.2 Å². The van der Waals surface area contributed by atoms with Crippen molar-refractivity contribution >= 4 is 28.4 Å². The Morgan fingerprint density at radius 2 is 1.83 bits per heavy atom. The minimum Gasteiger partial charge on any atom is -0.446 e. The third kappa shape index (κ3) is 4.34. The van der Waals surface area contributed by atoms with Gasteiger partial charge >= 0.3 is 12.1 Å². The molecule has 2 aromatic carbocycles. The Bertz CT molecular complexity index is 1390. The lowest BCUT2D eigenvalue weighted by atomic mass is 9.92. The highest BCUT2D eigenvalue weighted by Gasteiger charge is 2.31. The highest BCUT2D eigenvalue weighted by atomic mass is 16.6. The molecule has 3 N–H and O–H groups in total. The molecule has 0 aliphatic heterocycles. The lowest BCUT2D eigenvalue weighted by Gasteiger charge is -2.30. The van der Waals surface area contributed by atoms with Crippen LogP contribution >= 0.6 is 0 Å². The van der Waals surface area contributed by atoms with Crippen molar-refractivity contribution in [2.24, 2.45) is 5.92 Å². The van der Waals surface area contributed by atoms with Gasteiger partial charge in [-0.25, -0.2) is 14.8 Å². The summed E-state index contributed by atoms with van der Waals surface area (Å²) in [5.74, 6) is 1.16. The van der Waals surface area contributed by atoms with E-state index in [2.05, 4.69) is 19.9 Å². The summed E-state index contributed by atoms with van der Waals surface area (Å²) in [6.07, 6.45) is 8.51. The van der Waals surface area contributed by atoms with Crippen molar-refractivity contribution in [2.45, 2.75) is 51.2 Å². The fourth-order valence-corrected chi connectivity index (χ4v) is 4.83. The van der Waals surface area contributed by atoms with Gasteiger partial charge < -0.3 is 19.8 Å². The molecule has 1 atom stereocenters. The first-order chi connectivity index (χ1) is 17.6. The number of rotatable bonds is 7. The summed E-state index contributed by atoms with van der Waals surface area (Å²) in [6.45, 7) is 1.95. The molecule has 4 aromatic rings. The molecule has 0 spiro atoms. The van der Waals surface area contributed by atoms with Gasteiger partial charge in [0.25, 0.3) is 0 Å². The summed E-state index contributed by atoms with van der Waals surface area (Å²) in [4.78, 5) is 20.6. The molecular weight excluding hydrogens is 454 g/mol.